The van der Waals surface area contributed by atoms with Crippen molar-refractivity contribution >= 4 is 14.0 Å². The van der Waals surface area contributed by atoms with Gasteiger partial charge >= 0.3 is 6.18 Å². The molecule has 1 fully saturated rings. The van der Waals surface area contributed by atoms with E-state index in [0.29, 0.717) is 12.8 Å². The van der Waals surface area contributed by atoms with E-state index in [0.717, 1.165) is 12.8 Å². The molecule has 1 saturated carbocycles. The molecule has 1 aliphatic carbocycles. The van der Waals surface area contributed by atoms with Crippen molar-refractivity contribution in [3.63, 3.8) is 0 Å². The number of rotatable bonds is 2. The fraction of sp³-hybridized carbons (Fsp3) is 0.917. The number of alkyl halides is 3. The molecule has 0 radical (unpaired) electrons. The van der Waals surface area contributed by atoms with Crippen LogP contribution in [0.5, 0.6) is 0 Å². The van der Waals surface area contributed by atoms with Gasteiger partial charge in [-0.1, -0.05) is 11.6 Å². The Morgan fingerprint density at radius 2 is 2.00 bits per heavy atom. The van der Waals surface area contributed by atoms with Gasteiger partial charge in [0.15, 0.2) is 14.0 Å². The Labute approximate surface area is 112 Å². The van der Waals surface area contributed by atoms with Gasteiger partial charge in [-0.3, -0.25) is 0 Å². The topological polar surface area (TPSA) is 30.8 Å². The van der Waals surface area contributed by atoms with Crippen LogP contribution in [0.2, 0.25) is 19.6 Å². The quantitative estimate of drug-likeness (QED) is 0.719. The van der Waals surface area contributed by atoms with Gasteiger partial charge in [0, 0.05) is 18.8 Å². The molecule has 7 heteroatoms. The van der Waals surface area contributed by atoms with Crippen molar-refractivity contribution in [2.24, 2.45) is 11.1 Å². The number of hydrogen-bond acceptors (Lipinski definition) is 3. The lowest BCUT2D eigenvalue weighted by atomic mass is 9.79. The van der Waals surface area contributed by atoms with Gasteiger partial charge in [0.25, 0.3) is 0 Å². The molecule has 0 spiro atoms. The lowest BCUT2D eigenvalue weighted by Gasteiger charge is -2.47. The molecule has 1 aliphatic heterocycles. The highest BCUT2D eigenvalue weighted by atomic mass is 28.4. The van der Waals surface area contributed by atoms with Crippen LogP contribution in [0.1, 0.15) is 32.1 Å². The second-order valence-electron chi connectivity index (χ2n) is 6.30. The average molecular weight is 295 g/mol. The van der Waals surface area contributed by atoms with E-state index in [2.05, 4.69) is 5.16 Å². The molecule has 0 bridgehead atoms. The number of halogens is 3. The molecule has 0 aromatic rings. The average Bonchev–Trinajstić information content (AvgIpc) is 2.24. The zero-order valence-electron chi connectivity index (χ0n) is 11.5. The van der Waals surface area contributed by atoms with Gasteiger partial charge in [-0.05, 0) is 32.5 Å². The molecule has 1 heterocycles. The maximum absolute atomic E-state index is 12.7. The second-order valence-corrected chi connectivity index (χ2v) is 10.7. The third kappa shape index (κ3) is 3.31. The first-order valence-electron chi connectivity index (χ1n) is 6.65. The van der Waals surface area contributed by atoms with Crippen molar-refractivity contribution < 1.29 is 22.4 Å². The minimum Gasteiger partial charge on any atom is -0.380 e. The number of nitrogens with zero attached hydrogens (tertiary/aromatic N) is 1. The summed E-state index contributed by atoms with van der Waals surface area (Å²) in [4.78, 5) is 5.27. The van der Waals surface area contributed by atoms with Gasteiger partial charge in [0.2, 0.25) is 5.79 Å². The van der Waals surface area contributed by atoms with Crippen LogP contribution in [0, 0.1) is 5.92 Å². The maximum atomic E-state index is 12.7. The molecule has 0 amide bonds. The lowest BCUT2D eigenvalue weighted by Crippen LogP contribution is -2.54. The van der Waals surface area contributed by atoms with Crippen LogP contribution < -0.4 is 0 Å². The number of fused-ring (bicyclic) bond motifs is 1. The van der Waals surface area contributed by atoms with E-state index < -0.39 is 26.0 Å². The van der Waals surface area contributed by atoms with Gasteiger partial charge in [-0.2, -0.15) is 13.2 Å². The monoisotopic (exact) mass is 295 g/mol. The van der Waals surface area contributed by atoms with E-state index in [4.69, 9.17) is 9.26 Å². The van der Waals surface area contributed by atoms with Crippen LogP contribution in [0.25, 0.3) is 0 Å². The van der Waals surface area contributed by atoms with Crippen LogP contribution in [0.15, 0.2) is 5.16 Å². The van der Waals surface area contributed by atoms with Crippen LogP contribution in [-0.2, 0) is 9.26 Å². The summed E-state index contributed by atoms with van der Waals surface area (Å²) in [6, 6.07) is 0. The second kappa shape index (κ2) is 4.77. The van der Waals surface area contributed by atoms with Crippen LogP contribution >= 0.6 is 0 Å². The van der Waals surface area contributed by atoms with E-state index in [1.807, 2.05) is 19.6 Å². The molecule has 0 aromatic carbocycles. The normalized spacial score (nSPS) is 32.3. The van der Waals surface area contributed by atoms with E-state index in [1.54, 1.807) is 0 Å². The van der Waals surface area contributed by atoms with Crippen LogP contribution in [-0.4, -0.2) is 26.0 Å². The molecule has 0 N–H and O–H groups in total. The first kappa shape index (κ1) is 14.8. The van der Waals surface area contributed by atoms with Crippen molar-refractivity contribution in [2.45, 2.75) is 63.7 Å². The molecule has 110 valence electrons. The Morgan fingerprint density at radius 3 is 2.58 bits per heavy atom. The summed E-state index contributed by atoms with van der Waals surface area (Å²) in [5, 5.41) is 3.33. The van der Waals surface area contributed by atoms with E-state index in [1.165, 1.54) is 0 Å². The third-order valence-corrected chi connectivity index (χ3v) is 4.46. The summed E-state index contributed by atoms with van der Waals surface area (Å²) >= 11 is 0. The van der Waals surface area contributed by atoms with Crippen molar-refractivity contribution in [2.75, 3.05) is 0 Å². The Bertz CT molecular complexity index is 378. The Hall–Kier alpha value is -0.563. The zero-order chi connectivity index (χ0) is 14.3. The lowest BCUT2D eigenvalue weighted by molar-refractivity contribution is -0.248. The molecule has 2 rings (SSSR count). The maximum Gasteiger partial charge on any atom is 0.432 e. The highest BCUT2D eigenvalue weighted by Crippen LogP contribution is 2.45. The van der Waals surface area contributed by atoms with Gasteiger partial charge in [0.05, 0.1) is 0 Å². The number of hydrogen-bond donors (Lipinski definition) is 0. The predicted molar refractivity (Wildman–Crippen MR) is 68.3 cm³/mol. The summed E-state index contributed by atoms with van der Waals surface area (Å²) in [7, 11) is -1.91. The molecule has 19 heavy (non-hydrogen) atoms. The van der Waals surface area contributed by atoms with Crippen molar-refractivity contribution in [1.82, 2.24) is 0 Å². The molecular weight excluding hydrogens is 275 g/mol. The van der Waals surface area contributed by atoms with Crippen molar-refractivity contribution in [3.05, 3.63) is 0 Å². The summed E-state index contributed by atoms with van der Waals surface area (Å²) in [6.07, 6.45) is -1.30. The highest BCUT2D eigenvalue weighted by Gasteiger charge is 2.53. The molecule has 0 saturated heterocycles. The SMILES string of the molecule is C[Si](C)(C)OC12CCCCC1CC(C(F)(F)F)=NO2. The predicted octanol–water partition coefficient (Wildman–Crippen LogP) is 4.06. The first-order chi connectivity index (χ1) is 8.62. The zero-order valence-corrected chi connectivity index (χ0v) is 12.5. The Kier molecular flexibility index (Phi) is 3.72. The fourth-order valence-electron chi connectivity index (χ4n) is 2.81. The van der Waals surface area contributed by atoms with E-state index >= 15 is 0 Å². The molecule has 2 unspecified atom stereocenters. The smallest absolute Gasteiger partial charge is 0.380 e. The molecule has 2 atom stereocenters. The molecular formula is C12H20F3NO2Si. The Balaban J connectivity index is 2.24. The molecule has 2 aliphatic rings. The van der Waals surface area contributed by atoms with E-state index in [-0.39, 0.29) is 12.3 Å². The van der Waals surface area contributed by atoms with Crippen molar-refractivity contribution in [1.29, 1.82) is 0 Å². The fourth-order valence-corrected chi connectivity index (χ4v) is 4.15. The minimum absolute atomic E-state index is 0.0893. The summed E-state index contributed by atoms with van der Waals surface area (Å²) in [6.45, 7) is 6.04. The van der Waals surface area contributed by atoms with Gasteiger partial charge < -0.3 is 9.26 Å². The van der Waals surface area contributed by atoms with Crippen LogP contribution in [0.3, 0.4) is 0 Å². The van der Waals surface area contributed by atoms with Gasteiger partial charge in [0.1, 0.15) is 0 Å². The van der Waals surface area contributed by atoms with Crippen LogP contribution in [0.4, 0.5) is 13.2 Å². The minimum atomic E-state index is -4.40. The van der Waals surface area contributed by atoms with Crippen molar-refractivity contribution in [3.8, 4) is 0 Å². The first-order valence-corrected chi connectivity index (χ1v) is 10.1. The summed E-state index contributed by atoms with van der Waals surface area (Å²) < 4.78 is 44.2. The van der Waals surface area contributed by atoms with E-state index in [9.17, 15) is 13.2 Å². The highest BCUT2D eigenvalue weighted by molar-refractivity contribution is 6.69. The Morgan fingerprint density at radius 1 is 1.32 bits per heavy atom. The standard InChI is InChI=1S/C12H20F3NO2Si/c1-19(2,3)18-11-7-5-4-6-9(11)8-10(16-17-11)12(13,14)15/h9H,4-8H2,1-3H3. The largest absolute Gasteiger partial charge is 0.432 e. The van der Waals surface area contributed by atoms with Gasteiger partial charge in [-0.15, -0.1) is 0 Å². The molecule has 0 aromatic heterocycles. The third-order valence-electron chi connectivity index (χ3n) is 3.51. The summed E-state index contributed by atoms with van der Waals surface area (Å²) in [5.41, 5.74) is -0.811. The summed E-state index contributed by atoms with van der Waals surface area (Å²) in [5.74, 6) is -1.15. The van der Waals surface area contributed by atoms with Gasteiger partial charge in [-0.25, -0.2) is 0 Å². The molecule has 3 nitrogen and oxygen atoms in total. The number of oxime groups is 1.